The smallest absolute Gasteiger partial charge is 0.332 e. The number of hydrogen-bond donors (Lipinski definition) is 2. The van der Waals surface area contributed by atoms with Crippen LogP contribution in [0.1, 0.15) is 51.5 Å². The largest absolute Gasteiger partial charge is 0.481 e. The molecule has 0 spiro atoms. The minimum absolute atomic E-state index is 0.0494. The molecule has 2 aliphatic carbocycles. The monoisotopic (exact) mass is 432 g/mol. The molecule has 0 aromatic heterocycles. The van der Waals surface area contributed by atoms with Crippen molar-refractivity contribution in [2.75, 3.05) is 0 Å². The Morgan fingerprint density at radius 3 is 2.19 bits per heavy atom. The first-order valence-corrected chi connectivity index (χ1v) is 10.2. The molecule has 1 fully saturated rings. The highest BCUT2D eigenvalue weighted by atomic mass is 79.9. The van der Waals surface area contributed by atoms with E-state index >= 15 is 0 Å². The molecule has 0 aliphatic heterocycles. The quantitative estimate of drug-likeness (QED) is 0.655. The van der Waals surface area contributed by atoms with Crippen molar-refractivity contribution in [1.82, 2.24) is 0 Å². The lowest BCUT2D eigenvalue weighted by Gasteiger charge is -2.45. The average molecular weight is 433 g/mol. The normalized spacial score (nSPS) is 26.6. The summed E-state index contributed by atoms with van der Waals surface area (Å²) in [6.45, 7) is 3.56. The Kier molecular flexibility index (Phi) is 5.61. The summed E-state index contributed by atoms with van der Waals surface area (Å²) in [7, 11) is 0. The van der Waals surface area contributed by atoms with Crippen molar-refractivity contribution in [3.05, 3.63) is 51.5 Å². The molecular formula is C22H25BrO4. The van der Waals surface area contributed by atoms with Gasteiger partial charge in [-0.15, -0.1) is 0 Å². The van der Waals surface area contributed by atoms with Gasteiger partial charge in [-0.2, -0.15) is 0 Å². The predicted molar refractivity (Wildman–Crippen MR) is 108 cm³/mol. The van der Waals surface area contributed by atoms with Crippen molar-refractivity contribution >= 4 is 33.4 Å². The molecule has 2 unspecified atom stereocenters. The minimum atomic E-state index is -1.18. The predicted octanol–water partition coefficient (Wildman–Crippen LogP) is 5.53. The van der Waals surface area contributed by atoms with Crippen LogP contribution in [0.15, 0.2) is 46.0 Å². The number of halogens is 1. The molecule has 0 bridgehead atoms. The number of hydrogen-bond acceptors (Lipinski definition) is 2. The molecule has 1 saturated carbocycles. The fraction of sp³-hybridized carbons (Fsp3) is 0.455. The van der Waals surface area contributed by atoms with Gasteiger partial charge in [0.2, 0.25) is 0 Å². The molecule has 0 amide bonds. The summed E-state index contributed by atoms with van der Waals surface area (Å²) in [6, 6.07) is 7.60. The van der Waals surface area contributed by atoms with Crippen molar-refractivity contribution in [2.45, 2.75) is 46.0 Å². The lowest BCUT2D eigenvalue weighted by atomic mass is 9.57. The molecule has 1 aromatic rings. The number of aliphatic carboxylic acids is 2. The second kappa shape index (κ2) is 7.63. The van der Waals surface area contributed by atoms with E-state index in [4.69, 9.17) is 0 Å². The number of benzene rings is 1. The van der Waals surface area contributed by atoms with Crippen LogP contribution in [0.3, 0.4) is 0 Å². The van der Waals surface area contributed by atoms with Crippen LogP contribution in [0.5, 0.6) is 0 Å². The average Bonchev–Trinajstić information content (AvgIpc) is 2.63. The minimum Gasteiger partial charge on any atom is -0.481 e. The molecule has 0 saturated heterocycles. The van der Waals surface area contributed by atoms with Gasteiger partial charge in [0.25, 0.3) is 0 Å². The maximum absolute atomic E-state index is 12.6. The van der Waals surface area contributed by atoms with Crippen LogP contribution in [-0.2, 0) is 9.59 Å². The summed E-state index contributed by atoms with van der Waals surface area (Å²) in [5.74, 6) is -2.56. The first-order valence-electron chi connectivity index (χ1n) is 9.45. The topological polar surface area (TPSA) is 74.6 Å². The van der Waals surface area contributed by atoms with E-state index in [1.54, 1.807) is 13.8 Å². The van der Waals surface area contributed by atoms with E-state index in [0.717, 1.165) is 47.7 Å². The van der Waals surface area contributed by atoms with E-state index in [1.807, 2.05) is 30.3 Å². The molecular weight excluding hydrogens is 408 g/mol. The van der Waals surface area contributed by atoms with Gasteiger partial charge in [-0.3, -0.25) is 4.79 Å². The Morgan fingerprint density at radius 2 is 1.67 bits per heavy atom. The molecule has 2 atom stereocenters. The summed E-state index contributed by atoms with van der Waals surface area (Å²) in [4.78, 5) is 24.7. The fourth-order valence-electron chi connectivity index (χ4n) is 4.93. The zero-order chi connectivity index (χ0) is 19.8. The third-order valence-electron chi connectivity index (χ3n) is 6.38. The van der Waals surface area contributed by atoms with Crippen LogP contribution in [-0.4, -0.2) is 22.2 Å². The molecule has 3 rings (SSSR count). The highest BCUT2D eigenvalue weighted by Gasteiger charge is 2.53. The zero-order valence-corrected chi connectivity index (χ0v) is 17.3. The standard InChI is InChI=1S/C22H25BrO4/c1-13-18(15-8-10-17(23)11-9-15)12-22(21(26)27,14(2)19(13)20(24)25)16-6-4-3-5-7-16/h8-12,14,16H,3-7H2,1-2H3,(H,24,25)(H,26,27). The van der Waals surface area contributed by atoms with Gasteiger partial charge < -0.3 is 10.2 Å². The molecule has 4 nitrogen and oxygen atoms in total. The number of carboxylic acids is 2. The summed E-state index contributed by atoms with van der Waals surface area (Å²) in [5.41, 5.74) is 1.28. The Bertz CT molecular complexity index is 815. The van der Waals surface area contributed by atoms with Gasteiger partial charge in [-0.25, -0.2) is 4.79 Å². The number of rotatable bonds is 4. The highest BCUT2D eigenvalue weighted by molar-refractivity contribution is 9.10. The van der Waals surface area contributed by atoms with Gasteiger partial charge in [-0.05, 0) is 54.5 Å². The number of allylic oxidation sites excluding steroid dienone is 2. The molecule has 2 N–H and O–H groups in total. The first-order chi connectivity index (χ1) is 12.8. The molecule has 0 radical (unpaired) electrons. The van der Waals surface area contributed by atoms with Gasteiger partial charge in [0.05, 0.1) is 5.41 Å². The van der Waals surface area contributed by atoms with Crippen LogP contribution >= 0.6 is 15.9 Å². The fourth-order valence-corrected chi connectivity index (χ4v) is 5.19. The Hall–Kier alpha value is -1.88. The van der Waals surface area contributed by atoms with Gasteiger partial charge >= 0.3 is 11.9 Å². The Morgan fingerprint density at radius 1 is 1.07 bits per heavy atom. The van der Waals surface area contributed by atoms with E-state index in [1.165, 1.54) is 0 Å². The Labute approximate surface area is 168 Å². The van der Waals surface area contributed by atoms with Crippen LogP contribution in [0.4, 0.5) is 0 Å². The zero-order valence-electron chi connectivity index (χ0n) is 15.7. The highest BCUT2D eigenvalue weighted by Crippen LogP contribution is 2.53. The van der Waals surface area contributed by atoms with Crippen LogP contribution in [0.25, 0.3) is 5.57 Å². The van der Waals surface area contributed by atoms with Gasteiger partial charge in [0.1, 0.15) is 0 Å². The van der Waals surface area contributed by atoms with Gasteiger partial charge in [0, 0.05) is 16.0 Å². The maximum Gasteiger partial charge on any atom is 0.332 e. The van der Waals surface area contributed by atoms with Crippen molar-refractivity contribution in [3.8, 4) is 0 Å². The second-order valence-corrected chi connectivity index (χ2v) is 8.62. The van der Waals surface area contributed by atoms with E-state index in [9.17, 15) is 19.8 Å². The number of carboxylic acid groups (broad SMARTS) is 2. The molecule has 2 aliphatic rings. The summed E-state index contributed by atoms with van der Waals surface area (Å²) in [5, 5.41) is 20.3. The summed E-state index contributed by atoms with van der Waals surface area (Å²) >= 11 is 3.42. The van der Waals surface area contributed by atoms with Crippen LogP contribution in [0, 0.1) is 17.3 Å². The molecule has 0 heterocycles. The van der Waals surface area contributed by atoms with Crippen molar-refractivity contribution in [3.63, 3.8) is 0 Å². The third kappa shape index (κ3) is 3.38. The lowest BCUT2D eigenvalue weighted by molar-refractivity contribution is -0.153. The van der Waals surface area contributed by atoms with E-state index in [-0.39, 0.29) is 11.5 Å². The van der Waals surface area contributed by atoms with Crippen molar-refractivity contribution < 1.29 is 19.8 Å². The van der Waals surface area contributed by atoms with Gasteiger partial charge in [-0.1, -0.05) is 60.3 Å². The molecule has 5 heteroatoms. The maximum atomic E-state index is 12.6. The van der Waals surface area contributed by atoms with E-state index in [2.05, 4.69) is 15.9 Å². The van der Waals surface area contributed by atoms with Crippen LogP contribution in [0.2, 0.25) is 0 Å². The SMILES string of the molecule is CC1=C(C(=O)O)C(C)C(C(=O)O)(C2CCCCC2)C=C1c1ccc(Br)cc1. The van der Waals surface area contributed by atoms with E-state index in [0.29, 0.717) is 5.57 Å². The van der Waals surface area contributed by atoms with Crippen LogP contribution < -0.4 is 0 Å². The third-order valence-corrected chi connectivity index (χ3v) is 6.91. The first kappa shape index (κ1) is 19.9. The molecule has 144 valence electrons. The van der Waals surface area contributed by atoms with Crippen molar-refractivity contribution in [2.24, 2.45) is 17.3 Å². The molecule has 27 heavy (non-hydrogen) atoms. The molecule has 1 aromatic carbocycles. The van der Waals surface area contributed by atoms with Crippen molar-refractivity contribution in [1.29, 1.82) is 0 Å². The Balaban J connectivity index is 2.24. The lowest BCUT2D eigenvalue weighted by Crippen LogP contribution is -2.47. The summed E-state index contributed by atoms with van der Waals surface area (Å²) < 4.78 is 0.924. The number of carbonyl (C=O) groups is 2. The second-order valence-electron chi connectivity index (χ2n) is 7.70. The van der Waals surface area contributed by atoms with E-state index < -0.39 is 23.3 Å². The summed E-state index contributed by atoms with van der Waals surface area (Å²) in [6.07, 6.45) is 6.63. The van der Waals surface area contributed by atoms with Gasteiger partial charge in [0.15, 0.2) is 0 Å².